The number of carbonyl (C=O) groups is 2. The molecular formula is C16H19ClFN3O4S. The van der Waals surface area contributed by atoms with E-state index in [9.17, 15) is 22.4 Å². The molecule has 2 saturated heterocycles. The summed E-state index contributed by atoms with van der Waals surface area (Å²) in [6.45, 7) is 0. The minimum atomic E-state index is -3.27. The van der Waals surface area contributed by atoms with Crippen LogP contribution >= 0.6 is 11.6 Å². The van der Waals surface area contributed by atoms with E-state index in [1.807, 2.05) is 0 Å². The Hall–Kier alpha value is -1.87. The summed E-state index contributed by atoms with van der Waals surface area (Å²) in [4.78, 5) is 23.2. The summed E-state index contributed by atoms with van der Waals surface area (Å²) in [7, 11) is -3.27. The van der Waals surface area contributed by atoms with Crippen molar-refractivity contribution in [1.29, 1.82) is 0 Å². The topological polar surface area (TPSA) is 104 Å². The van der Waals surface area contributed by atoms with Crippen molar-refractivity contribution in [3.8, 4) is 0 Å². The van der Waals surface area contributed by atoms with Crippen molar-refractivity contribution in [3.05, 3.63) is 29.0 Å². The Balaban J connectivity index is 1.46. The predicted molar refractivity (Wildman–Crippen MR) is 95.3 cm³/mol. The monoisotopic (exact) mass is 403 g/mol. The van der Waals surface area contributed by atoms with Gasteiger partial charge in [0.05, 0.1) is 28.8 Å². The standard InChI is InChI=1S/C16H19ClFN3O4S/c17-9-5-6-11(10(18)7-9)19-14(22)4-2-1-3-13-15-12(8-26(13,24)25)20-16(23)21-15/h5-7,12-13,15H,1-4,8H2,(H,19,22)(H2,20,21,23). The third kappa shape index (κ3) is 4.09. The first-order chi connectivity index (χ1) is 12.3. The van der Waals surface area contributed by atoms with Crippen LogP contribution in [-0.2, 0) is 14.6 Å². The molecule has 3 unspecified atom stereocenters. The number of rotatable bonds is 6. The second kappa shape index (κ2) is 7.40. The fourth-order valence-electron chi connectivity index (χ4n) is 3.44. The third-order valence-corrected chi connectivity index (χ3v) is 7.18. The van der Waals surface area contributed by atoms with Crippen molar-refractivity contribution in [3.63, 3.8) is 0 Å². The van der Waals surface area contributed by atoms with E-state index in [-0.39, 0.29) is 40.9 Å². The molecule has 7 nitrogen and oxygen atoms in total. The SMILES string of the molecule is O=C(CCCCC1C2NC(=O)NC2CS1(=O)=O)Nc1ccc(Cl)cc1F. The van der Waals surface area contributed by atoms with Crippen LogP contribution in [0.3, 0.4) is 0 Å². The summed E-state index contributed by atoms with van der Waals surface area (Å²) in [5, 5.41) is 7.33. The third-order valence-electron chi connectivity index (χ3n) is 4.67. The van der Waals surface area contributed by atoms with Gasteiger partial charge in [-0.3, -0.25) is 4.79 Å². The molecule has 2 aliphatic rings. The van der Waals surface area contributed by atoms with Gasteiger partial charge < -0.3 is 16.0 Å². The predicted octanol–water partition coefficient (Wildman–Crippen LogP) is 1.83. The van der Waals surface area contributed by atoms with Gasteiger partial charge in [-0.1, -0.05) is 18.0 Å². The van der Waals surface area contributed by atoms with Gasteiger partial charge in [0.2, 0.25) is 5.91 Å². The van der Waals surface area contributed by atoms with Crippen molar-refractivity contribution in [2.45, 2.75) is 43.0 Å². The van der Waals surface area contributed by atoms with Gasteiger partial charge in [0.15, 0.2) is 9.84 Å². The van der Waals surface area contributed by atoms with Crippen molar-refractivity contribution in [2.24, 2.45) is 0 Å². The summed E-state index contributed by atoms with van der Waals surface area (Å²) in [6, 6.07) is 2.84. The smallest absolute Gasteiger partial charge is 0.315 e. The first-order valence-corrected chi connectivity index (χ1v) is 10.4. The van der Waals surface area contributed by atoms with Crippen LogP contribution in [0.25, 0.3) is 0 Å². The quantitative estimate of drug-likeness (QED) is 0.497. The highest BCUT2D eigenvalue weighted by Gasteiger charge is 2.51. The van der Waals surface area contributed by atoms with E-state index in [1.165, 1.54) is 12.1 Å². The van der Waals surface area contributed by atoms with Crippen LogP contribution in [0.2, 0.25) is 5.02 Å². The molecule has 3 atom stereocenters. The van der Waals surface area contributed by atoms with E-state index in [4.69, 9.17) is 11.6 Å². The molecule has 3 N–H and O–H groups in total. The average molecular weight is 404 g/mol. The normalized spacial score (nSPS) is 26.1. The van der Waals surface area contributed by atoms with E-state index in [1.54, 1.807) is 0 Å². The maximum atomic E-state index is 13.6. The van der Waals surface area contributed by atoms with Gasteiger partial charge in [0.1, 0.15) is 5.82 Å². The molecule has 0 spiro atoms. The summed E-state index contributed by atoms with van der Waals surface area (Å²) < 4.78 is 38.0. The molecule has 2 fully saturated rings. The van der Waals surface area contributed by atoms with Gasteiger partial charge in [-0.15, -0.1) is 0 Å². The van der Waals surface area contributed by atoms with Crippen molar-refractivity contribution in [2.75, 3.05) is 11.1 Å². The molecule has 0 aromatic heterocycles. The molecule has 26 heavy (non-hydrogen) atoms. The number of nitrogens with one attached hydrogen (secondary N) is 3. The zero-order valence-electron chi connectivity index (χ0n) is 13.8. The van der Waals surface area contributed by atoms with Crippen LogP contribution in [0, 0.1) is 5.82 Å². The van der Waals surface area contributed by atoms with E-state index < -0.39 is 26.9 Å². The number of fused-ring (bicyclic) bond motifs is 1. The van der Waals surface area contributed by atoms with Crippen molar-refractivity contribution in [1.82, 2.24) is 10.6 Å². The van der Waals surface area contributed by atoms with Crippen LogP contribution in [0.1, 0.15) is 25.7 Å². The minimum Gasteiger partial charge on any atom is -0.332 e. The molecule has 0 saturated carbocycles. The average Bonchev–Trinajstić information content (AvgIpc) is 2.99. The van der Waals surface area contributed by atoms with Crippen LogP contribution in [0.5, 0.6) is 0 Å². The lowest BCUT2D eigenvalue weighted by atomic mass is 10.0. The van der Waals surface area contributed by atoms with Gasteiger partial charge in [-0.05, 0) is 31.0 Å². The molecular weight excluding hydrogens is 385 g/mol. The molecule has 2 heterocycles. The summed E-state index contributed by atoms with van der Waals surface area (Å²) in [5.41, 5.74) is 0.0559. The van der Waals surface area contributed by atoms with E-state index >= 15 is 0 Å². The van der Waals surface area contributed by atoms with Crippen LogP contribution in [0.15, 0.2) is 18.2 Å². The zero-order chi connectivity index (χ0) is 18.9. The first kappa shape index (κ1) is 18.9. The Labute approximate surface area is 155 Å². The second-order valence-electron chi connectivity index (χ2n) is 6.54. The number of carbonyl (C=O) groups excluding carboxylic acids is 2. The lowest BCUT2D eigenvalue weighted by Crippen LogP contribution is -2.39. The summed E-state index contributed by atoms with van der Waals surface area (Å²) in [6.07, 6.45) is 1.49. The molecule has 2 aliphatic heterocycles. The fraction of sp³-hybridized carbons (Fsp3) is 0.500. The number of hydrogen-bond donors (Lipinski definition) is 3. The van der Waals surface area contributed by atoms with Crippen LogP contribution in [-0.4, -0.2) is 43.4 Å². The Morgan fingerprint density at radius 3 is 2.81 bits per heavy atom. The second-order valence-corrected chi connectivity index (χ2v) is 9.24. The Morgan fingerprint density at radius 1 is 1.31 bits per heavy atom. The number of unbranched alkanes of at least 4 members (excludes halogenated alkanes) is 1. The molecule has 10 heteroatoms. The number of sulfone groups is 1. The van der Waals surface area contributed by atoms with E-state index in [2.05, 4.69) is 16.0 Å². The molecule has 1 aromatic carbocycles. The minimum absolute atomic E-state index is 0.0559. The highest BCUT2D eigenvalue weighted by molar-refractivity contribution is 7.92. The number of hydrogen-bond acceptors (Lipinski definition) is 4. The molecule has 0 aliphatic carbocycles. The van der Waals surface area contributed by atoms with Crippen LogP contribution in [0.4, 0.5) is 14.9 Å². The molecule has 3 amide bonds. The summed E-state index contributed by atoms with van der Waals surface area (Å²) >= 11 is 5.66. The van der Waals surface area contributed by atoms with Gasteiger partial charge >= 0.3 is 6.03 Å². The fourth-order valence-corrected chi connectivity index (χ4v) is 5.87. The van der Waals surface area contributed by atoms with Crippen molar-refractivity contribution >= 4 is 39.1 Å². The van der Waals surface area contributed by atoms with Gasteiger partial charge in [-0.2, -0.15) is 0 Å². The Bertz CT molecular complexity index is 833. The molecule has 0 radical (unpaired) electrons. The van der Waals surface area contributed by atoms with E-state index in [0.29, 0.717) is 19.3 Å². The zero-order valence-corrected chi connectivity index (χ0v) is 15.4. The molecule has 0 bridgehead atoms. The highest BCUT2D eigenvalue weighted by Crippen LogP contribution is 2.28. The Morgan fingerprint density at radius 2 is 2.08 bits per heavy atom. The highest BCUT2D eigenvalue weighted by atomic mass is 35.5. The van der Waals surface area contributed by atoms with Gasteiger partial charge in [0.25, 0.3) is 0 Å². The van der Waals surface area contributed by atoms with Gasteiger partial charge in [0, 0.05) is 11.4 Å². The molecule has 3 rings (SSSR count). The largest absolute Gasteiger partial charge is 0.332 e. The number of urea groups is 1. The van der Waals surface area contributed by atoms with Crippen LogP contribution < -0.4 is 16.0 Å². The number of amides is 3. The maximum absolute atomic E-state index is 13.6. The summed E-state index contributed by atoms with van der Waals surface area (Å²) in [5.74, 6) is -1.02. The molecule has 142 valence electrons. The number of benzene rings is 1. The van der Waals surface area contributed by atoms with Crippen molar-refractivity contribution < 1.29 is 22.4 Å². The number of anilines is 1. The molecule has 1 aromatic rings. The Kier molecular flexibility index (Phi) is 5.38. The number of halogens is 2. The lowest BCUT2D eigenvalue weighted by molar-refractivity contribution is -0.116. The lowest BCUT2D eigenvalue weighted by Gasteiger charge is -2.16. The van der Waals surface area contributed by atoms with E-state index in [0.717, 1.165) is 6.07 Å². The first-order valence-electron chi connectivity index (χ1n) is 8.30. The van der Waals surface area contributed by atoms with Gasteiger partial charge in [-0.25, -0.2) is 17.6 Å². The maximum Gasteiger partial charge on any atom is 0.315 e.